The number of rotatable bonds is 5. The van der Waals surface area contributed by atoms with E-state index >= 15 is 0 Å². The van der Waals surface area contributed by atoms with E-state index in [0.717, 1.165) is 5.56 Å². The number of non-ortho nitro benzene ring substituents is 1. The van der Waals surface area contributed by atoms with Crippen LogP contribution in [0.3, 0.4) is 0 Å². The van der Waals surface area contributed by atoms with Gasteiger partial charge in [0.05, 0.1) is 12.0 Å². The molecule has 6 heteroatoms. The van der Waals surface area contributed by atoms with Gasteiger partial charge in [-0.3, -0.25) is 14.9 Å². The lowest BCUT2D eigenvalue weighted by Gasteiger charge is -2.18. The molecule has 0 heterocycles. The molecule has 1 amide bonds. The van der Waals surface area contributed by atoms with E-state index in [9.17, 15) is 14.9 Å². The summed E-state index contributed by atoms with van der Waals surface area (Å²) in [6.07, 6.45) is 0. The molecule has 0 saturated carbocycles. The van der Waals surface area contributed by atoms with E-state index in [2.05, 4.69) is 0 Å². The Hall–Kier alpha value is -2.89. The van der Waals surface area contributed by atoms with Crippen molar-refractivity contribution >= 4 is 11.6 Å². The number of hydrogen-bond donors (Lipinski definition) is 0. The van der Waals surface area contributed by atoms with Crippen LogP contribution in [-0.2, 0) is 6.54 Å². The minimum atomic E-state index is -0.493. The Morgan fingerprint density at radius 1 is 1.18 bits per heavy atom. The van der Waals surface area contributed by atoms with Gasteiger partial charge in [0.15, 0.2) is 0 Å². The first-order valence-corrected chi connectivity index (χ1v) is 6.64. The van der Waals surface area contributed by atoms with E-state index < -0.39 is 4.92 Å². The van der Waals surface area contributed by atoms with E-state index in [1.807, 2.05) is 24.3 Å². The van der Waals surface area contributed by atoms with Crippen LogP contribution in [0.15, 0.2) is 48.5 Å². The van der Waals surface area contributed by atoms with Crippen LogP contribution in [0, 0.1) is 10.1 Å². The molecule has 2 rings (SSSR count). The topological polar surface area (TPSA) is 72.7 Å². The Morgan fingerprint density at radius 3 is 2.41 bits per heavy atom. The number of amides is 1. The molecule has 2 aromatic carbocycles. The highest BCUT2D eigenvalue weighted by molar-refractivity contribution is 5.94. The summed E-state index contributed by atoms with van der Waals surface area (Å²) in [6.45, 7) is 0.389. The van der Waals surface area contributed by atoms with Crippen molar-refractivity contribution in [2.24, 2.45) is 0 Å². The van der Waals surface area contributed by atoms with Gasteiger partial charge in [-0.25, -0.2) is 0 Å². The molecule has 0 aliphatic heterocycles. The number of nitro benzene ring substituents is 1. The third-order valence-corrected chi connectivity index (χ3v) is 3.27. The predicted molar refractivity (Wildman–Crippen MR) is 81.9 cm³/mol. The maximum Gasteiger partial charge on any atom is 0.269 e. The van der Waals surface area contributed by atoms with Crippen molar-refractivity contribution in [1.82, 2.24) is 4.90 Å². The Balaban J connectivity index is 2.13. The van der Waals surface area contributed by atoms with Crippen molar-refractivity contribution in [1.29, 1.82) is 0 Å². The van der Waals surface area contributed by atoms with E-state index in [0.29, 0.717) is 17.9 Å². The highest BCUT2D eigenvalue weighted by atomic mass is 16.6. The molecule has 0 spiro atoms. The lowest BCUT2D eigenvalue weighted by molar-refractivity contribution is -0.384. The summed E-state index contributed by atoms with van der Waals surface area (Å²) >= 11 is 0. The molecule has 0 fully saturated rings. The van der Waals surface area contributed by atoms with Crippen LogP contribution in [0.2, 0.25) is 0 Å². The van der Waals surface area contributed by atoms with Gasteiger partial charge in [-0.15, -0.1) is 0 Å². The molecule has 22 heavy (non-hydrogen) atoms. The van der Waals surface area contributed by atoms with Gasteiger partial charge < -0.3 is 9.64 Å². The molecule has 0 N–H and O–H groups in total. The summed E-state index contributed by atoms with van der Waals surface area (Å²) in [5, 5.41) is 10.6. The summed E-state index contributed by atoms with van der Waals surface area (Å²) in [5.74, 6) is 0.506. The van der Waals surface area contributed by atoms with Crippen molar-refractivity contribution in [3.05, 3.63) is 69.8 Å². The zero-order valence-corrected chi connectivity index (χ0v) is 12.4. The summed E-state index contributed by atoms with van der Waals surface area (Å²) < 4.78 is 5.26. The van der Waals surface area contributed by atoms with Crippen LogP contribution in [0.25, 0.3) is 0 Å². The van der Waals surface area contributed by atoms with Gasteiger partial charge in [0.2, 0.25) is 0 Å². The number of nitrogens with zero attached hydrogens (tertiary/aromatic N) is 2. The molecule has 0 atom stereocenters. The normalized spacial score (nSPS) is 10.1. The summed E-state index contributed by atoms with van der Waals surface area (Å²) in [4.78, 5) is 24.0. The maximum absolute atomic E-state index is 12.3. The van der Waals surface area contributed by atoms with E-state index in [-0.39, 0.29) is 11.6 Å². The first kappa shape index (κ1) is 15.5. The third kappa shape index (κ3) is 3.41. The first-order chi connectivity index (χ1) is 10.5. The Morgan fingerprint density at radius 2 is 1.82 bits per heavy atom. The van der Waals surface area contributed by atoms with Crippen molar-refractivity contribution in [2.45, 2.75) is 6.54 Å². The largest absolute Gasteiger partial charge is 0.496 e. The minimum absolute atomic E-state index is 0.0380. The van der Waals surface area contributed by atoms with Crippen molar-refractivity contribution in [3.8, 4) is 5.75 Å². The number of hydrogen-bond acceptors (Lipinski definition) is 4. The molecule has 2 aromatic rings. The number of benzene rings is 2. The fourth-order valence-corrected chi connectivity index (χ4v) is 2.11. The molecule has 0 aliphatic carbocycles. The fraction of sp³-hybridized carbons (Fsp3) is 0.188. The number of nitro groups is 1. The van der Waals surface area contributed by atoms with E-state index in [4.69, 9.17) is 4.74 Å². The number of carbonyl (C=O) groups excluding carboxylic acids is 1. The number of ether oxygens (including phenoxy) is 1. The highest BCUT2D eigenvalue weighted by Gasteiger charge is 2.15. The lowest BCUT2D eigenvalue weighted by atomic mass is 10.1. The Bertz CT molecular complexity index is 683. The number of methoxy groups -OCH3 is 1. The first-order valence-electron chi connectivity index (χ1n) is 6.64. The van der Waals surface area contributed by atoms with Gasteiger partial charge in [0.1, 0.15) is 5.75 Å². The van der Waals surface area contributed by atoms with Crippen molar-refractivity contribution < 1.29 is 14.5 Å². The van der Waals surface area contributed by atoms with Crippen LogP contribution >= 0.6 is 0 Å². The zero-order valence-electron chi connectivity index (χ0n) is 12.4. The van der Waals surface area contributed by atoms with Gasteiger partial charge in [-0.1, -0.05) is 18.2 Å². The standard InChI is InChI=1S/C16H16N2O4/c1-17(11-13-5-3-4-6-15(13)22-2)16(19)12-7-9-14(10-8-12)18(20)21/h3-10H,11H2,1-2H3. The zero-order chi connectivity index (χ0) is 16.1. The molecule has 114 valence electrons. The molecule has 0 unspecified atom stereocenters. The smallest absolute Gasteiger partial charge is 0.269 e. The quantitative estimate of drug-likeness (QED) is 0.628. The van der Waals surface area contributed by atoms with Crippen molar-refractivity contribution in [2.75, 3.05) is 14.2 Å². The number of carbonyl (C=O) groups is 1. The maximum atomic E-state index is 12.3. The molecule has 0 bridgehead atoms. The van der Waals surface area contributed by atoms with Gasteiger partial charge in [-0.05, 0) is 18.2 Å². The molecule has 6 nitrogen and oxygen atoms in total. The molecule has 0 aromatic heterocycles. The summed E-state index contributed by atoms with van der Waals surface area (Å²) in [5.41, 5.74) is 1.26. The monoisotopic (exact) mass is 300 g/mol. The summed E-state index contributed by atoms with van der Waals surface area (Å²) in [6, 6.07) is 13.0. The van der Waals surface area contributed by atoms with E-state index in [1.165, 1.54) is 24.3 Å². The second-order valence-corrected chi connectivity index (χ2v) is 4.78. The fourth-order valence-electron chi connectivity index (χ4n) is 2.11. The van der Waals surface area contributed by atoms with Crippen LogP contribution < -0.4 is 4.74 Å². The molecular formula is C16H16N2O4. The summed E-state index contributed by atoms with van der Waals surface area (Å²) in [7, 11) is 3.26. The van der Waals surface area contributed by atoms with Gasteiger partial charge >= 0.3 is 0 Å². The molecule has 0 aliphatic rings. The van der Waals surface area contributed by atoms with Gasteiger partial charge in [0.25, 0.3) is 11.6 Å². The van der Waals surface area contributed by atoms with Crippen LogP contribution in [0.4, 0.5) is 5.69 Å². The SMILES string of the molecule is COc1ccccc1CN(C)C(=O)c1ccc([N+](=O)[O-])cc1. The second-order valence-electron chi connectivity index (χ2n) is 4.78. The van der Waals surface area contributed by atoms with Gasteiger partial charge in [-0.2, -0.15) is 0 Å². The number of para-hydroxylation sites is 1. The van der Waals surface area contributed by atoms with Crippen LogP contribution in [0.1, 0.15) is 15.9 Å². The van der Waals surface area contributed by atoms with Crippen LogP contribution in [-0.4, -0.2) is 29.9 Å². The average Bonchev–Trinajstić information content (AvgIpc) is 2.54. The van der Waals surface area contributed by atoms with Crippen LogP contribution in [0.5, 0.6) is 5.75 Å². The second kappa shape index (κ2) is 6.71. The average molecular weight is 300 g/mol. The Labute approximate surface area is 128 Å². The Kier molecular flexibility index (Phi) is 4.73. The minimum Gasteiger partial charge on any atom is -0.496 e. The van der Waals surface area contributed by atoms with E-state index in [1.54, 1.807) is 19.1 Å². The lowest BCUT2D eigenvalue weighted by Crippen LogP contribution is -2.26. The molecule has 0 radical (unpaired) electrons. The van der Waals surface area contributed by atoms with Crippen molar-refractivity contribution in [3.63, 3.8) is 0 Å². The highest BCUT2D eigenvalue weighted by Crippen LogP contribution is 2.20. The third-order valence-electron chi connectivity index (χ3n) is 3.27. The predicted octanol–water partition coefficient (Wildman–Crippen LogP) is 2.88. The molecule has 0 saturated heterocycles. The van der Waals surface area contributed by atoms with Gasteiger partial charge in [0, 0.05) is 36.9 Å². The molecular weight excluding hydrogens is 284 g/mol.